The minimum Gasteiger partial charge on any atom is -0.206 e. The molecule has 0 nitrogen and oxygen atoms in total. The first-order valence-electron chi connectivity index (χ1n) is 5.44. The van der Waals surface area contributed by atoms with E-state index < -0.39 is 0 Å². The molecule has 0 atom stereocenters. The maximum Gasteiger partial charge on any atom is 0.138 e. The minimum atomic E-state index is -0.357. The molecule has 0 aliphatic rings. The second kappa shape index (κ2) is 5.79. The highest BCUT2D eigenvalue weighted by atomic mass is 19.1. The van der Waals surface area contributed by atoms with Gasteiger partial charge < -0.3 is 0 Å². The third kappa shape index (κ3) is 3.05. The van der Waals surface area contributed by atoms with Crippen LogP contribution in [-0.4, -0.2) is 0 Å². The van der Waals surface area contributed by atoms with Crippen LogP contribution in [0.4, 0.5) is 8.78 Å². The number of allylic oxidation sites excluding steroid dienone is 1. The molecule has 0 aliphatic carbocycles. The van der Waals surface area contributed by atoms with Crippen LogP contribution in [0.25, 0.3) is 6.08 Å². The Morgan fingerprint density at radius 3 is 2.22 bits per heavy atom. The van der Waals surface area contributed by atoms with Crippen molar-refractivity contribution >= 4 is 6.08 Å². The largest absolute Gasteiger partial charge is 0.206 e. The van der Waals surface area contributed by atoms with Crippen molar-refractivity contribution < 1.29 is 8.78 Å². The van der Waals surface area contributed by atoms with Crippen LogP contribution in [0.15, 0.2) is 54.6 Å². The molecule has 0 saturated heterocycles. The Bertz CT molecular complexity index is 631. The van der Waals surface area contributed by atoms with Gasteiger partial charge in [0.15, 0.2) is 0 Å². The van der Waals surface area contributed by atoms with E-state index in [1.54, 1.807) is 42.5 Å². The maximum absolute atomic E-state index is 13.2. The fourth-order valence-electron chi connectivity index (χ4n) is 1.42. The Morgan fingerprint density at radius 2 is 1.50 bits per heavy atom. The summed E-state index contributed by atoms with van der Waals surface area (Å²) in [5.41, 5.74) is 0.788. The summed E-state index contributed by atoms with van der Waals surface area (Å²) < 4.78 is 26.5. The van der Waals surface area contributed by atoms with Crippen LogP contribution >= 0.6 is 0 Å². The maximum atomic E-state index is 13.2. The summed E-state index contributed by atoms with van der Waals surface area (Å²) in [7, 11) is 0. The van der Waals surface area contributed by atoms with Gasteiger partial charge in [-0.15, -0.1) is 0 Å². The number of benzene rings is 2. The summed E-state index contributed by atoms with van der Waals surface area (Å²) in [4.78, 5) is 0. The summed E-state index contributed by atoms with van der Waals surface area (Å²) in [6, 6.07) is 12.7. The minimum absolute atomic E-state index is 0.304. The normalized spacial score (nSPS) is 10.1. The molecule has 2 aromatic carbocycles. The monoisotopic (exact) mass is 240 g/mol. The Kier molecular flexibility index (Phi) is 3.88. The third-order valence-corrected chi connectivity index (χ3v) is 2.33. The van der Waals surface area contributed by atoms with Gasteiger partial charge in [0.1, 0.15) is 11.6 Å². The van der Waals surface area contributed by atoms with E-state index in [1.165, 1.54) is 18.2 Å². The average molecular weight is 240 g/mol. The molecule has 2 aromatic rings. The first-order valence-corrected chi connectivity index (χ1v) is 5.44. The van der Waals surface area contributed by atoms with E-state index >= 15 is 0 Å². The molecule has 88 valence electrons. The second-order valence-corrected chi connectivity index (χ2v) is 3.60. The molecule has 0 bridgehead atoms. The van der Waals surface area contributed by atoms with Crippen LogP contribution in [0.5, 0.6) is 0 Å². The van der Waals surface area contributed by atoms with Crippen LogP contribution in [0.1, 0.15) is 11.1 Å². The Morgan fingerprint density at radius 1 is 0.833 bits per heavy atom. The van der Waals surface area contributed by atoms with Crippen molar-refractivity contribution in [2.75, 3.05) is 0 Å². The highest BCUT2D eigenvalue weighted by Gasteiger charge is 1.95. The second-order valence-electron chi connectivity index (χ2n) is 3.60. The summed E-state index contributed by atoms with van der Waals surface area (Å²) >= 11 is 0. The highest BCUT2D eigenvalue weighted by Crippen LogP contribution is 2.08. The fraction of sp³-hybridized carbons (Fsp3) is 0. The quantitative estimate of drug-likeness (QED) is 0.660. The van der Waals surface area contributed by atoms with Crippen molar-refractivity contribution in [1.29, 1.82) is 0 Å². The van der Waals surface area contributed by atoms with Gasteiger partial charge in [0.2, 0.25) is 0 Å². The van der Waals surface area contributed by atoms with Gasteiger partial charge in [-0.05, 0) is 30.4 Å². The first kappa shape index (κ1) is 12.1. The van der Waals surface area contributed by atoms with Gasteiger partial charge in [-0.3, -0.25) is 0 Å². The van der Waals surface area contributed by atoms with Crippen LogP contribution in [-0.2, 0) is 0 Å². The van der Waals surface area contributed by atoms with Crippen LogP contribution in [0, 0.1) is 23.5 Å². The smallest absolute Gasteiger partial charge is 0.138 e. The Hall–Kier alpha value is -2.40. The molecule has 0 fully saturated rings. The lowest BCUT2D eigenvalue weighted by Gasteiger charge is -1.93. The molecule has 0 heterocycles. The van der Waals surface area contributed by atoms with Gasteiger partial charge in [0.05, 0.1) is 5.56 Å². The summed E-state index contributed by atoms with van der Waals surface area (Å²) in [5.74, 6) is 4.69. The van der Waals surface area contributed by atoms with E-state index in [0.717, 1.165) is 0 Å². The van der Waals surface area contributed by atoms with Crippen molar-refractivity contribution in [2.45, 2.75) is 0 Å². The molecule has 0 N–H and O–H groups in total. The summed E-state index contributed by atoms with van der Waals surface area (Å²) in [6.07, 6.45) is 3.06. The molecular formula is C16H10F2. The van der Waals surface area contributed by atoms with Gasteiger partial charge in [-0.25, -0.2) is 8.78 Å². The lowest BCUT2D eigenvalue weighted by Crippen LogP contribution is -1.80. The number of hydrogen-bond acceptors (Lipinski definition) is 0. The Balaban J connectivity index is 2.14. The summed E-state index contributed by atoms with van der Waals surface area (Å²) in [5, 5.41) is 0. The van der Waals surface area contributed by atoms with Crippen molar-refractivity contribution in [2.24, 2.45) is 0 Å². The average Bonchev–Trinajstić information content (AvgIpc) is 2.38. The van der Waals surface area contributed by atoms with Crippen molar-refractivity contribution in [3.8, 4) is 11.8 Å². The lowest BCUT2D eigenvalue weighted by atomic mass is 10.2. The van der Waals surface area contributed by atoms with Gasteiger partial charge >= 0.3 is 0 Å². The van der Waals surface area contributed by atoms with Crippen LogP contribution in [0.2, 0.25) is 0 Å². The van der Waals surface area contributed by atoms with Gasteiger partial charge in [-0.2, -0.15) is 0 Å². The standard InChI is InChI=1S/C16H10F2/c17-15-11-5-3-9-13(15)7-1-2-8-14-10-4-6-12-16(14)18/h1,3-7,9-12H/b7-1+. The molecule has 0 spiro atoms. The molecule has 2 rings (SSSR count). The van der Waals surface area contributed by atoms with E-state index in [9.17, 15) is 8.78 Å². The first-order chi connectivity index (χ1) is 8.77. The molecule has 0 unspecified atom stereocenters. The van der Waals surface area contributed by atoms with Crippen LogP contribution < -0.4 is 0 Å². The van der Waals surface area contributed by atoms with Gasteiger partial charge in [0.25, 0.3) is 0 Å². The molecule has 2 heteroatoms. The lowest BCUT2D eigenvalue weighted by molar-refractivity contribution is 0.624. The number of hydrogen-bond donors (Lipinski definition) is 0. The van der Waals surface area contributed by atoms with Crippen LogP contribution in [0.3, 0.4) is 0 Å². The van der Waals surface area contributed by atoms with Gasteiger partial charge in [0, 0.05) is 5.56 Å². The zero-order chi connectivity index (χ0) is 12.8. The molecule has 0 aliphatic heterocycles. The highest BCUT2D eigenvalue weighted by molar-refractivity contribution is 5.54. The number of rotatable bonds is 1. The predicted molar refractivity (Wildman–Crippen MR) is 68.7 cm³/mol. The van der Waals surface area contributed by atoms with E-state index in [1.807, 2.05) is 0 Å². The third-order valence-electron chi connectivity index (χ3n) is 2.33. The Labute approximate surface area is 105 Å². The van der Waals surface area contributed by atoms with E-state index in [-0.39, 0.29) is 11.6 Å². The SMILES string of the molecule is Fc1ccccc1C#C/C=C/c1ccccc1F. The predicted octanol–water partition coefficient (Wildman–Crippen LogP) is 4.03. The fourth-order valence-corrected chi connectivity index (χ4v) is 1.42. The molecule has 0 radical (unpaired) electrons. The van der Waals surface area contributed by atoms with Crippen molar-refractivity contribution in [1.82, 2.24) is 0 Å². The van der Waals surface area contributed by atoms with E-state index in [2.05, 4.69) is 11.8 Å². The molecule has 0 aromatic heterocycles. The van der Waals surface area contributed by atoms with Crippen molar-refractivity contribution in [3.05, 3.63) is 77.4 Å². The molecular weight excluding hydrogens is 230 g/mol. The summed E-state index contributed by atoms with van der Waals surface area (Å²) in [6.45, 7) is 0. The molecule has 0 saturated carbocycles. The zero-order valence-electron chi connectivity index (χ0n) is 9.53. The molecule has 18 heavy (non-hydrogen) atoms. The van der Waals surface area contributed by atoms with Gasteiger partial charge in [-0.1, -0.05) is 42.2 Å². The van der Waals surface area contributed by atoms with E-state index in [4.69, 9.17) is 0 Å². The molecule has 0 amide bonds. The van der Waals surface area contributed by atoms with E-state index in [0.29, 0.717) is 11.1 Å². The van der Waals surface area contributed by atoms with Crippen molar-refractivity contribution in [3.63, 3.8) is 0 Å². The topological polar surface area (TPSA) is 0 Å². The number of halogens is 2. The zero-order valence-corrected chi connectivity index (χ0v) is 9.53.